The standard InChI is InChI=1S/C14H20N4O4/c1-18(7-6-12(19)17-14(15)21)9-13(20)16-10-4-3-5-11(8-10)22-2/h3-5,8H,6-7,9H2,1-2H3,(H,16,20)(H3,15,17,19,21). The predicted molar refractivity (Wildman–Crippen MR) is 81.5 cm³/mol. The third-order valence-corrected chi connectivity index (χ3v) is 2.75. The lowest BCUT2D eigenvalue weighted by Gasteiger charge is -2.16. The zero-order valence-corrected chi connectivity index (χ0v) is 12.6. The average Bonchev–Trinajstić information content (AvgIpc) is 2.44. The number of amides is 4. The van der Waals surface area contributed by atoms with Crippen LogP contribution in [0.2, 0.25) is 0 Å². The van der Waals surface area contributed by atoms with Crippen LogP contribution in [0.5, 0.6) is 5.75 Å². The van der Waals surface area contributed by atoms with Crippen LogP contribution < -0.4 is 21.1 Å². The number of likely N-dealkylation sites (N-methyl/N-ethyl adjacent to an activating group) is 1. The van der Waals surface area contributed by atoms with Gasteiger partial charge >= 0.3 is 6.03 Å². The summed E-state index contributed by atoms with van der Waals surface area (Å²) in [6.07, 6.45) is 0.0753. The summed E-state index contributed by atoms with van der Waals surface area (Å²) in [4.78, 5) is 35.3. The Labute approximate surface area is 128 Å². The van der Waals surface area contributed by atoms with Crippen LogP contribution in [0.1, 0.15) is 6.42 Å². The number of anilines is 1. The summed E-state index contributed by atoms with van der Waals surface area (Å²) in [6.45, 7) is 0.436. The van der Waals surface area contributed by atoms with E-state index in [1.54, 1.807) is 43.3 Å². The highest BCUT2D eigenvalue weighted by molar-refractivity contribution is 5.94. The largest absolute Gasteiger partial charge is 0.497 e. The molecule has 0 atom stereocenters. The van der Waals surface area contributed by atoms with Crippen LogP contribution in [0, 0.1) is 0 Å². The second-order valence-corrected chi connectivity index (χ2v) is 4.68. The van der Waals surface area contributed by atoms with E-state index in [-0.39, 0.29) is 18.9 Å². The Hall–Kier alpha value is -2.61. The number of urea groups is 1. The topological polar surface area (TPSA) is 114 Å². The number of hydrogen-bond acceptors (Lipinski definition) is 5. The number of nitrogens with zero attached hydrogens (tertiary/aromatic N) is 1. The molecule has 0 heterocycles. The van der Waals surface area contributed by atoms with Gasteiger partial charge in [0.2, 0.25) is 11.8 Å². The lowest BCUT2D eigenvalue weighted by atomic mass is 10.3. The number of imide groups is 1. The van der Waals surface area contributed by atoms with Crippen molar-refractivity contribution in [2.45, 2.75) is 6.42 Å². The molecule has 120 valence electrons. The van der Waals surface area contributed by atoms with Crippen LogP contribution in [-0.4, -0.2) is 50.0 Å². The first kappa shape index (κ1) is 17.4. The zero-order chi connectivity index (χ0) is 16.5. The van der Waals surface area contributed by atoms with Gasteiger partial charge in [-0.15, -0.1) is 0 Å². The third kappa shape index (κ3) is 6.71. The number of carbonyl (C=O) groups is 3. The van der Waals surface area contributed by atoms with E-state index in [0.717, 1.165) is 0 Å². The Bertz CT molecular complexity index is 547. The van der Waals surface area contributed by atoms with Crippen LogP contribution >= 0.6 is 0 Å². The summed E-state index contributed by atoms with van der Waals surface area (Å²) in [7, 11) is 3.24. The molecule has 1 aromatic rings. The minimum absolute atomic E-state index is 0.0753. The fourth-order valence-corrected chi connectivity index (χ4v) is 1.72. The Balaban J connectivity index is 2.37. The molecule has 1 aromatic carbocycles. The van der Waals surface area contributed by atoms with Gasteiger partial charge < -0.3 is 15.8 Å². The molecule has 0 aliphatic rings. The van der Waals surface area contributed by atoms with Gasteiger partial charge in [0.15, 0.2) is 0 Å². The van der Waals surface area contributed by atoms with Crippen molar-refractivity contribution in [2.75, 3.05) is 32.6 Å². The molecule has 0 fully saturated rings. The molecule has 0 aliphatic heterocycles. The molecule has 0 aromatic heterocycles. The normalized spacial score (nSPS) is 10.1. The Morgan fingerprint density at radius 3 is 2.64 bits per heavy atom. The number of hydrogen-bond donors (Lipinski definition) is 3. The minimum atomic E-state index is -0.886. The number of nitrogens with one attached hydrogen (secondary N) is 2. The van der Waals surface area contributed by atoms with Gasteiger partial charge in [0.25, 0.3) is 0 Å². The predicted octanol–water partition coefficient (Wildman–Crippen LogP) is 0.151. The Morgan fingerprint density at radius 2 is 2.00 bits per heavy atom. The van der Waals surface area contributed by atoms with Gasteiger partial charge in [-0.3, -0.25) is 19.8 Å². The number of benzene rings is 1. The summed E-state index contributed by atoms with van der Waals surface area (Å²) in [5.74, 6) is -0.0482. The third-order valence-electron chi connectivity index (χ3n) is 2.75. The van der Waals surface area contributed by atoms with Crippen LogP contribution in [0.25, 0.3) is 0 Å². The van der Waals surface area contributed by atoms with Crippen molar-refractivity contribution in [1.82, 2.24) is 10.2 Å². The molecule has 22 heavy (non-hydrogen) atoms. The van der Waals surface area contributed by atoms with Crippen LogP contribution in [-0.2, 0) is 9.59 Å². The van der Waals surface area contributed by atoms with Crippen molar-refractivity contribution in [3.8, 4) is 5.75 Å². The van der Waals surface area contributed by atoms with Gasteiger partial charge in [-0.2, -0.15) is 0 Å². The van der Waals surface area contributed by atoms with E-state index in [1.807, 2.05) is 5.32 Å². The Morgan fingerprint density at radius 1 is 1.27 bits per heavy atom. The summed E-state index contributed by atoms with van der Waals surface area (Å²) in [5, 5.41) is 4.69. The highest BCUT2D eigenvalue weighted by atomic mass is 16.5. The maximum Gasteiger partial charge on any atom is 0.318 e. The number of nitrogens with two attached hydrogens (primary N) is 1. The molecule has 0 radical (unpaired) electrons. The smallest absolute Gasteiger partial charge is 0.318 e. The van der Waals surface area contributed by atoms with Crippen molar-refractivity contribution in [3.63, 3.8) is 0 Å². The molecule has 0 unspecified atom stereocenters. The molecule has 8 nitrogen and oxygen atoms in total. The minimum Gasteiger partial charge on any atom is -0.497 e. The molecular formula is C14H20N4O4. The quantitative estimate of drug-likeness (QED) is 0.663. The van der Waals surface area contributed by atoms with Crippen molar-refractivity contribution in [2.24, 2.45) is 5.73 Å². The van der Waals surface area contributed by atoms with Crippen molar-refractivity contribution >= 4 is 23.5 Å². The Kier molecular flexibility index (Phi) is 6.84. The molecule has 4 amide bonds. The molecule has 1 rings (SSSR count). The SMILES string of the molecule is COc1cccc(NC(=O)CN(C)CCC(=O)NC(N)=O)c1. The van der Waals surface area contributed by atoms with E-state index < -0.39 is 11.9 Å². The molecule has 8 heteroatoms. The van der Waals surface area contributed by atoms with Crippen LogP contribution in [0.15, 0.2) is 24.3 Å². The van der Waals surface area contributed by atoms with Gasteiger partial charge in [-0.25, -0.2) is 4.79 Å². The molecule has 4 N–H and O–H groups in total. The fraction of sp³-hybridized carbons (Fsp3) is 0.357. The maximum absolute atomic E-state index is 11.9. The maximum atomic E-state index is 11.9. The fourth-order valence-electron chi connectivity index (χ4n) is 1.72. The van der Waals surface area contributed by atoms with Gasteiger partial charge in [0, 0.05) is 24.7 Å². The zero-order valence-electron chi connectivity index (χ0n) is 12.6. The van der Waals surface area contributed by atoms with E-state index in [1.165, 1.54) is 0 Å². The number of primary amides is 1. The first-order valence-corrected chi connectivity index (χ1v) is 6.62. The van der Waals surface area contributed by atoms with Crippen molar-refractivity contribution < 1.29 is 19.1 Å². The highest BCUT2D eigenvalue weighted by Gasteiger charge is 2.10. The van der Waals surface area contributed by atoms with Crippen LogP contribution in [0.3, 0.4) is 0 Å². The molecule has 0 spiro atoms. The summed E-state index contributed by atoms with van der Waals surface area (Å²) in [5.41, 5.74) is 5.46. The summed E-state index contributed by atoms with van der Waals surface area (Å²) >= 11 is 0. The molecule has 0 bridgehead atoms. The number of carbonyl (C=O) groups excluding carboxylic acids is 3. The van der Waals surface area contributed by atoms with Crippen molar-refractivity contribution in [1.29, 1.82) is 0 Å². The van der Waals surface area contributed by atoms with Gasteiger partial charge in [-0.1, -0.05) is 6.07 Å². The molecule has 0 saturated carbocycles. The molecule has 0 aliphatic carbocycles. The summed E-state index contributed by atoms with van der Waals surface area (Å²) in [6, 6.07) is 6.12. The first-order valence-electron chi connectivity index (χ1n) is 6.62. The molecule has 0 saturated heterocycles. The average molecular weight is 308 g/mol. The van der Waals surface area contributed by atoms with Gasteiger partial charge in [0.1, 0.15) is 5.75 Å². The second kappa shape index (κ2) is 8.63. The number of rotatable bonds is 7. The number of methoxy groups -OCH3 is 1. The van der Waals surface area contributed by atoms with Crippen molar-refractivity contribution in [3.05, 3.63) is 24.3 Å². The first-order chi connectivity index (χ1) is 10.4. The van der Waals surface area contributed by atoms with E-state index in [4.69, 9.17) is 10.5 Å². The van der Waals surface area contributed by atoms with Gasteiger partial charge in [0.05, 0.1) is 13.7 Å². The second-order valence-electron chi connectivity index (χ2n) is 4.68. The monoisotopic (exact) mass is 308 g/mol. The van der Waals surface area contributed by atoms with Gasteiger partial charge in [-0.05, 0) is 19.2 Å². The van der Waals surface area contributed by atoms with E-state index in [9.17, 15) is 14.4 Å². The lowest BCUT2D eigenvalue weighted by Crippen LogP contribution is -2.38. The number of ether oxygens (including phenoxy) is 1. The van der Waals surface area contributed by atoms with Crippen LogP contribution in [0.4, 0.5) is 10.5 Å². The van der Waals surface area contributed by atoms with E-state index in [2.05, 4.69) is 5.32 Å². The molecular weight excluding hydrogens is 288 g/mol. The lowest BCUT2D eigenvalue weighted by molar-refractivity contribution is -0.121. The highest BCUT2D eigenvalue weighted by Crippen LogP contribution is 2.16. The van der Waals surface area contributed by atoms with E-state index in [0.29, 0.717) is 18.0 Å². The summed E-state index contributed by atoms with van der Waals surface area (Å²) < 4.78 is 5.07. The van der Waals surface area contributed by atoms with E-state index >= 15 is 0 Å².